The normalized spacial score (nSPS) is 18.8. The van der Waals surface area contributed by atoms with Crippen LogP contribution in [-0.2, 0) is 4.79 Å². The zero-order valence-corrected chi connectivity index (χ0v) is 11.1. The van der Waals surface area contributed by atoms with Gasteiger partial charge < -0.3 is 10.0 Å². The highest BCUT2D eigenvalue weighted by molar-refractivity contribution is 5.69. The van der Waals surface area contributed by atoms with Crippen LogP contribution in [0.1, 0.15) is 13.8 Å². The average Bonchev–Trinajstić information content (AvgIpc) is 2.32. The number of rotatable bonds is 7. The molecule has 1 fully saturated rings. The first-order valence-electron chi connectivity index (χ1n) is 6.54. The molecule has 0 saturated carbocycles. The molecule has 0 atom stereocenters. The number of nitrogens with zero attached hydrogens (tertiary/aromatic N) is 3. The molecular weight excluding hydrogens is 218 g/mol. The Morgan fingerprint density at radius 2 is 1.65 bits per heavy atom. The maximum absolute atomic E-state index is 10.6. The van der Waals surface area contributed by atoms with E-state index in [2.05, 4.69) is 23.6 Å². The molecule has 1 N–H and O–H groups in total. The van der Waals surface area contributed by atoms with Crippen molar-refractivity contribution >= 4 is 5.97 Å². The average molecular weight is 243 g/mol. The fraction of sp³-hybridized carbons (Fsp3) is 0.917. The van der Waals surface area contributed by atoms with E-state index in [0.29, 0.717) is 0 Å². The van der Waals surface area contributed by atoms with Crippen LogP contribution in [0, 0.1) is 0 Å². The van der Waals surface area contributed by atoms with Crippen LogP contribution in [0.4, 0.5) is 0 Å². The number of carbonyl (C=O) groups is 1. The van der Waals surface area contributed by atoms with Crippen molar-refractivity contribution in [3.63, 3.8) is 0 Å². The Kier molecular flexibility index (Phi) is 6.47. The molecule has 17 heavy (non-hydrogen) atoms. The van der Waals surface area contributed by atoms with Crippen LogP contribution in [0.3, 0.4) is 0 Å². The summed E-state index contributed by atoms with van der Waals surface area (Å²) in [5.74, 6) is -0.721. The van der Waals surface area contributed by atoms with Gasteiger partial charge in [-0.1, -0.05) is 13.8 Å². The SMILES string of the molecule is CCN(CC)CCN1CCN(CC(=O)O)CC1. The smallest absolute Gasteiger partial charge is 0.317 e. The molecular formula is C12H25N3O2. The summed E-state index contributed by atoms with van der Waals surface area (Å²) < 4.78 is 0. The third-order valence-electron chi connectivity index (χ3n) is 3.45. The molecule has 1 aliphatic rings. The number of hydrogen-bond acceptors (Lipinski definition) is 4. The highest BCUT2D eigenvalue weighted by atomic mass is 16.4. The van der Waals surface area contributed by atoms with Crippen LogP contribution in [0.25, 0.3) is 0 Å². The second-order valence-corrected chi connectivity index (χ2v) is 4.54. The van der Waals surface area contributed by atoms with E-state index >= 15 is 0 Å². The molecule has 0 aromatic rings. The van der Waals surface area contributed by atoms with Crippen molar-refractivity contribution in [1.29, 1.82) is 0 Å². The van der Waals surface area contributed by atoms with Gasteiger partial charge in [0.05, 0.1) is 6.54 Å². The molecule has 5 nitrogen and oxygen atoms in total. The Labute approximate surface area is 104 Å². The van der Waals surface area contributed by atoms with Crippen molar-refractivity contribution in [2.45, 2.75) is 13.8 Å². The molecule has 0 spiro atoms. The first kappa shape index (κ1) is 14.4. The third-order valence-corrected chi connectivity index (χ3v) is 3.45. The van der Waals surface area contributed by atoms with Gasteiger partial charge in [0.25, 0.3) is 0 Å². The molecule has 0 aromatic carbocycles. The molecule has 0 unspecified atom stereocenters. The first-order valence-corrected chi connectivity index (χ1v) is 6.54. The summed E-state index contributed by atoms with van der Waals surface area (Å²) in [7, 11) is 0. The van der Waals surface area contributed by atoms with E-state index in [0.717, 1.165) is 52.4 Å². The van der Waals surface area contributed by atoms with Gasteiger partial charge >= 0.3 is 5.97 Å². The van der Waals surface area contributed by atoms with E-state index in [9.17, 15) is 4.79 Å². The summed E-state index contributed by atoms with van der Waals surface area (Å²) >= 11 is 0. The van der Waals surface area contributed by atoms with Gasteiger partial charge in [0, 0.05) is 39.3 Å². The topological polar surface area (TPSA) is 47.0 Å². The maximum atomic E-state index is 10.6. The molecule has 5 heteroatoms. The Balaban J connectivity index is 2.16. The van der Waals surface area contributed by atoms with E-state index in [1.54, 1.807) is 0 Å². The lowest BCUT2D eigenvalue weighted by molar-refractivity contribution is -0.138. The molecule has 1 rings (SSSR count). The summed E-state index contributed by atoms with van der Waals surface area (Å²) in [6, 6.07) is 0. The minimum atomic E-state index is -0.721. The van der Waals surface area contributed by atoms with Gasteiger partial charge in [0.1, 0.15) is 0 Å². The quantitative estimate of drug-likeness (QED) is 0.683. The minimum Gasteiger partial charge on any atom is -0.480 e. The Morgan fingerprint density at radius 1 is 1.12 bits per heavy atom. The molecule has 1 aliphatic heterocycles. The van der Waals surface area contributed by atoms with Crippen molar-refractivity contribution < 1.29 is 9.90 Å². The summed E-state index contributed by atoms with van der Waals surface area (Å²) in [4.78, 5) is 17.4. The largest absolute Gasteiger partial charge is 0.480 e. The van der Waals surface area contributed by atoms with Crippen molar-refractivity contribution in [2.75, 3.05) is 58.9 Å². The number of carboxylic acid groups (broad SMARTS) is 1. The maximum Gasteiger partial charge on any atom is 0.317 e. The fourth-order valence-corrected chi connectivity index (χ4v) is 2.18. The van der Waals surface area contributed by atoms with Crippen molar-refractivity contribution in [1.82, 2.24) is 14.7 Å². The summed E-state index contributed by atoms with van der Waals surface area (Å²) in [6.45, 7) is 12.7. The van der Waals surface area contributed by atoms with E-state index in [1.165, 1.54) is 0 Å². The zero-order valence-electron chi connectivity index (χ0n) is 11.1. The summed E-state index contributed by atoms with van der Waals surface area (Å²) in [5.41, 5.74) is 0. The van der Waals surface area contributed by atoms with Gasteiger partial charge in [-0.05, 0) is 13.1 Å². The number of aliphatic carboxylic acids is 1. The molecule has 0 aliphatic carbocycles. The van der Waals surface area contributed by atoms with E-state index in [-0.39, 0.29) is 6.54 Å². The molecule has 0 aromatic heterocycles. The standard InChI is InChI=1S/C12H25N3O2/c1-3-13(4-2)5-6-14-7-9-15(10-8-14)11-12(16)17/h3-11H2,1-2H3,(H,16,17). The van der Waals surface area contributed by atoms with Crippen LogP contribution in [-0.4, -0.2) is 84.7 Å². The predicted molar refractivity (Wildman–Crippen MR) is 68.3 cm³/mol. The van der Waals surface area contributed by atoms with Crippen LogP contribution in [0.2, 0.25) is 0 Å². The monoisotopic (exact) mass is 243 g/mol. The number of piperazine rings is 1. The second kappa shape index (κ2) is 7.63. The number of hydrogen-bond donors (Lipinski definition) is 1. The van der Waals surface area contributed by atoms with Crippen LogP contribution < -0.4 is 0 Å². The number of carboxylic acids is 1. The first-order chi connectivity index (χ1) is 8.15. The molecule has 0 bridgehead atoms. The summed E-state index contributed by atoms with van der Waals surface area (Å²) in [6.07, 6.45) is 0. The molecule has 100 valence electrons. The van der Waals surface area contributed by atoms with E-state index in [1.807, 2.05) is 4.90 Å². The van der Waals surface area contributed by atoms with Crippen LogP contribution in [0.5, 0.6) is 0 Å². The van der Waals surface area contributed by atoms with Gasteiger partial charge in [-0.15, -0.1) is 0 Å². The Hall–Kier alpha value is -0.650. The van der Waals surface area contributed by atoms with Gasteiger partial charge in [0.2, 0.25) is 0 Å². The van der Waals surface area contributed by atoms with Gasteiger partial charge in [0.15, 0.2) is 0 Å². The van der Waals surface area contributed by atoms with Crippen molar-refractivity contribution in [2.24, 2.45) is 0 Å². The minimum absolute atomic E-state index is 0.184. The van der Waals surface area contributed by atoms with Crippen LogP contribution in [0.15, 0.2) is 0 Å². The van der Waals surface area contributed by atoms with Crippen molar-refractivity contribution in [3.8, 4) is 0 Å². The highest BCUT2D eigenvalue weighted by Crippen LogP contribution is 2.01. The Bertz CT molecular complexity index is 224. The van der Waals surface area contributed by atoms with E-state index < -0.39 is 5.97 Å². The van der Waals surface area contributed by atoms with Crippen molar-refractivity contribution in [3.05, 3.63) is 0 Å². The van der Waals surface area contributed by atoms with Crippen LogP contribution >= 0.6 is 0 Å². The molecule has 1 heterocycles. The fourth-order valence-electron chi connectivity index (χ4n) is 2.18. The molecule has 1 saturated heterocycles. The molecule has 0 amide bonds. The lowest BCUT2D eigenvalue weighted by Gasteiger charge is -2.34. The van der Waals surface area contributed by atoms with Gasteiger partial charge in [-0.2, -0.15) is 0 Å². The van der Waals surface area contributed by atoms with Gasteiger partial charge in [-0.3, -0.25) is 14.6 Å². The lowest BCUT2D eigenvalue weighted by atomic mass is 10.3. The Morgan fingerprint density at radius 3 is 2.12 bits per heavy atom. The second-order valence-electron chi connectivity index (χ2n) is 4.54. The third kappa shape index (κ3) is 5.48. The van der Waals surface area contributed by atoms with E-state index in [4.69, 9.17) is 5.11 Å². The summed E-state index contributed by atoms with van der Waals surface area (Å²) in [5, 5.41) is 8.71. The highest BCUT2D eigenvalue weighted by Gasteiger charge is 2.18. The van der Waals surface area contributed by atoms with Gasteiger partial charge in [-0.25, -0.2) is 0 Å². The zero-order chi connectivity index (χ0) is 12.7. The number of likely N-dealkylation sites (N-methyl/N-ethyl adjacent to an activating group) is 1. The molecule has 0 radical (unpaired) electrons. The predicted octanol–water partition coefficient (Wildman–Crippen LogP) is 0.0304. The lowest BCUT2D eigenvalue weighted by Crippen LogP contribution is -2.49.